The van der Waals surface area contributed by atoms with Crippen molar-refractivity contribution in [1.29, 1.82) is 0 Å². The van der Waals surface area contributed by atoms with E-state index in [1.165, 1.54) is 38.4 Å². The van der Waals surface area contributed by atoms with Crippen LogP contribution in [0.5, 0.6) is 0 Å². The van der Waals surface area contributed by atoms with Crippen LogP contribution in [-0.2, 0) is 9.84 Å². The van der Waals surface area contributed by atoms with Crippen LogP contribution in [0.15, 0.2) is 4.99 Å². The molecule has 0 heterocycles. The molecule has 0 fully saturated rings. The molecule has 0 radical (unpaired) electrons. The molecule has 0 rings (SSSR count). The Balaban J connectivity index is 3.10. The molecule has 0 aromatic rings. The molecule has 0 atom stereocenters. The molecule has 0 spiro atoms. The second-order valence-electron chi connectivity index (χ2n) is 4.78. The molecular formula is C13H25NO2S2. The minimum atomic E-state index is -2.76. The Labute approximate surface area is 117 Å². The number of isothiocyanates is 1. The standard InChI is InChI=1S/C13H25NO2S2/c1-18(15,16)12-10-8-6-4-2-3-5-7-9-11-14-13-17/h2-12H2,1H3. The largest absolute Gasteiger partial charge is 0.233 e. The van der Waals surface area contributed by atoms with Crippen LogP contribution in [0, 0.1) is 0 Å². The summed E-state index contributed by atoms with van der Waals surface area (Å²) < 4.78 is 21.8. The Morgan fingerprint density at radius 1 is 0.889 bits per heavy atom. The predicted molar refractivity (Wildman–Crippen MR) is 81.2 cm³/mol. The second-order valence-corrected chi connectivity index (χ2v) is 7.23. The highest BCUT2D eigenvalue weighted by Crippen LogP contribution is 2.10. The first kappa shape index (κ1) is 17.8. The van der Waals surface area contributed by atoms with Crippen molar-refractivity contribution in [2.45, 2.75) is 57.8 Å². The van der Waals surface area contributed by atoms with Gasteiger partial charge >= 0.3 is 0 Å². The first-order valence-corrected chi connectivity index (χ1v) is 9.24. The summed E-state index contributed by atoms with van der Waals surface area (Å²) >= 11 is 4.49. The van der Waals surface area contributed by atoms with Crippen molar-refractivity contribution < 1.29 is 8.42 Å². The van der Waals surface area contributed by atoms with Crippen molar-refractivity contribution in [3.63, 3.8) is 0 Å². The van der Waals surface area contributed by atoms with E-state index in [0.717, 1.165) is 32.2 Å². The molecule has 0 amide bonds. The third-order valence-electron chi connectivity index (χ3n) is 2.85. The van der Waals surface area contributed by atoms with E-state index in [4.69, 9.17) is 0 Å². The Morgan fingerprint density at radius 2 is 1.33 bits per heavy atom. The molecule has 0 aliphatic carbocycles. The smallest absolute Gasteiger partial charge is 0.147 e. The van der Waals surface area contributed by atoms with Gasteiger partial charge in [0.05, 0.1) is 5.16 Å². The van der Waals surface area contributed by atoms with Gasteiger partial charge in [0, 0.05) is 18.6 Å². The highest BCUT2D eigenvalue weighted by atomic mass is 32.2. The van der Waals surface area contributed by atoms with E-state index in [2.05, 4.69) is 22.4 Å². The summed E-state index contributed by atoms with van der Waals surface area (Å²) in [6.45, 7) is 0.814. The summed E-state index contributed by atoms with van der Waals surface area (Å²) in [7, 11) is -2.76. The molecule has 3 nitrogen and oxygen atoms in total. The van der Waals surface area contributed by atoms with Crippen LogP contribution in [0.4, 0.5) is 0 Å². The van der Waals surface area contributed by atoms with Crippen LogP contribution >= 0.6 is 12.2 Å². The number of thiocarbonyl (C=S) groups is 1. The fourth-order valence-electron chi connectivity index (χ4n) is 1.84. The van der Waals surface area contributed by atoms with E-state index in [0.29, 0.717) is 5.75 Å². The lowest BCUT2D eigenvalue weighted by Gasteiger charge is -2.01. The lowest BCUT2D eigenvalue weighted by molar-refractivity contribution is 0.563. The lowest BCUT2D eigenvalue weighted by atomic mass is 10.1. The molecule has 18 heavy (non-hydrogen) atoms. The number of hydrogen-bond acceptors (Lipinski definition) is 4. The zero-order valence-corrected chi connectivity index (χ0v) is 13.0. The molecule has 0 saturated heterocycles. The average Bonchev–Trinajstić information content (AvgIpc) is 2.29. The van der Waals surface area contributed by atoms with E-state index >= 15 is 0 Å². The SMILES string of the molecule is CS(=O)(=O)CCCCCCCCCCCN=C=S. The van der Waals surface area contributed by atoms with Gasteiger partial charge in [0.25, 0.3) is 0 Å². The third kappa shape index (κ3) is 15.8. The van der Waals surface area contributed by atoms with Gasteiger partial charge in [-0.2, -0.15) is 0 Å². The van der Waals surface area contributed by atoms with Crippen LogP contribution in [-0.4, -0.2) is 32.1 Å². The maximum absolute atomic E-state index is 10.9. The fourth-order valence-corrected chi connectivity index (χ4v) is 2.66. The zero-order valence-electron chi connectivity index (χ0n) is 11.4. The van der Waals surface area contributed by atoms with Gasteiger partial charge in [-0.1, -0.05) is 44.9 Å². The van der Waals surface area contributed by atoms with Crippen LogP contribution < -0.4 is 0 Å². The number of rotatable bonds is 12. The lowest BCUT2D eigenvalue weighted by Crippen LogP contribution is -2.02. The van der Waals surface area contributed by atoms with Gasteiger partial charge in [-0.15, -0.1) is 0 Å². The minimum absolute atomic E-state index is 0.341. The number of nitrogens with zero attached hydrogens (tertiary/aromatic N) is 1. The Bertz CT molecular complexity index is 333. The number of unbranched alkanes of at least 4 members (excludes halogenated alkanes) is 8. The molecule has 0 N–H and O–H groups in total. The molecule has 0 aromatic heterocycles. The maximum Gasteiger partial charge on any atom is 0.147 e. The predicted octanol–water partition coefficient (Wildman–Crippen LogP) is 3.64. The van der Waals surface area contributed by atoms with Crippen LogP contribution in [0.1, 0.15) is 57.8 Å². The van der Waals surface area contributed by atoms with Crippen molar-refractivity contribution in [3.05, 3.63) is 0 Å². The summed E-state index contributed by atoms with van der Waals surface area (Å²) in [6.07, 6.45) is 11.7. The molecule has 0 aliphatic rings. The van der Waals surface area contributed by atoms with Gasteiger partial charge in [-0.05, 0) is 25.1 Å². The molecule has 0 aliphatic heterocycles. The highest BCUT2D eigenvalue weighted by molar-refractivity contribution is 7.90. The third-order valence-corrected chi connectivity index (χ3v) is 4.01. The monoisotopic (exact) mass is 291 g/mol. The fraction of sp³-hybridized carbons (Fsp3) is 0.923. The topological polar surface area (TPSA) is 46.5 Å². The summed E-state index contributed by atoms with van der Waals surface area (Å²) in [4.78, 5) is 3.88. The highest BCUT2D eigenvalue weighted by Gasteiger charge is 2.00. The van der Waals surface area contributed by atoms with Gasteiger partial charge in [0.2, 0.25) is 0 Å². The minimum Gasteiger partial charge on any atom is -0.233 e. The number of sulfone groups is 1. The Hall–Kier alpha value is -0.250. The van der Waals surface area contributed by atoms with Crippen molar-refractivity contribution >= 4 is 27.2 Å². The Morgan fingerprint density at radius 3 is 1.78 bits per heavy atom. The van der Waals surface area contributed by atoms with Gasteiger partial charge in [-0.25, -0.2) is 13.4 Å². The van der Waals surface area contributed by atoms with E-state index in [-0.39, 0.29) is 0 Å². The molecule has 0 saturated carbocycles. The first-order valence-electron chi connectivity index (χ1n) is 6.77. The Kier molecular flexibility index (Phi) is 11.7. The van der Waals surface area contributed by atoms with Gasteiger partial charge in [-0.3, -0.25) is 0 Å². The number of aliphatic imine (C=N–C) groups is 1. The maximum atomic E-state index is 10.9. The second kappa shape index (κ2) is 11.8. The molecular weight excluding hydrogens is 266 g/mol. The average molecular weight is 291 g/mol. The molecule has 0 aromatic carbocycles. The van der Waals surface area contributed by atoms with Crippen molar-refractivity contribution in [3.8, 4) is 0 Å². The van der Waals surface area contributed by atoms with Gasteiger partial charge in [0.15, 0.2) is 0 Å². The summed E-state index contributed by atoms with van der Waals surface area (Å²) in [6, 6.07) is 0. The summed E-state index contributed by atoms with van der Waals surface area (Å²) in [5.74, 6) is 0.341. The molecule has 106 valence electrons. The normalized spacial score (nSPS) is 11.2. The van der Waals surface area contributed by atoms with E-state index in [9.17, 15) is 8.42 Å². The van der Waals surface area contributed by atoms with Crippen LogP contribution in [0.25, 0.3) is 0 Å². The number of hydrogen-bond donors (Lipinski definition) is 0. The summed E-state index contributed by atoms with van der Waals surface area (Å²) in [5, 5.41) is 2.37. The van der Waals surface area contributed by atoms with E-state index < -0.39 is 9.84 Å². The van der Waals surface area contributed by atoms with Crippen molar-refractivity contribution in [1.82, 2.24) is 0 Å². The van der Waals surface area contributed by atoms with Crippen molar-refractivity contribution in [2.75, 3.05) is 18.6 Å². The van der Waals surface area contributed by atoms with E-state index in [1.807, 2.05) is 0 Å². The van der Waals surface area contributed by atoms with E-state index in [1.54, 1.807) is 0 Å². The molecule has 5 heteroatoms. The zero-order chi connectivity index (χ0) is 13.7. The molecule has 0 bridgehead atoms. The van der Waals surface area contributed by atoms with Gasteiger partial charge < -0.3 is 0 Å². The quantitative estimate of drug-likeness (QED) is 0.313. The van der Waals surface area contributed by atoms with Crippen LogP contribution in [0.3, 0.4) is 0 Å². The molecule has 0 unspecified atom stereocenters. The van der Waals surface area contributed by atoms with Gasteiger partial charge in [0.1, 0.15) is 9.84 Å². The summed E-state index contributed by atoms with van der Waals surface area (Å²) in [5.41, 5.74) is 0. The van der Waals surface area contributed by atoms with Crippen LogP contribution in [0.2, 0.25) is 0 Å². The van der Waals surface area contributed by atoms with Crippen molar-refractivity contribution in [2.24, 2.45) is 4.99 Å². The first-order chi connectivity index (χ1) is 8.56.